The Morgan fingerprint density at radius 3 is 2.45 bits per heavy atom. The van der Waals surface area contributed by atoms with Crippen LogP contribution in [-0.4, -0.2) is 54.7 Å². The molecule has 0 unspecified atom stereocenters. The van der Waals surface area contributed by atoms with Crippen LogP contribution < -0.4 is 0 Å². The van der Waals surface area contributed by atoms with Gasteiger partial charge in [0.2, 0.25) is 15.9 Å². The first-order chi connectivity index (χ1) is 14.8. The van der Waals surface area contributed by atoms with E-state index in [1.54, 1.807) is 35.4 Å². The van der Waals surface area contributed by atoms with Crippen LogP contribution in [0.4, 0.5) is 0 Å². The maximum atomic E-state index is 13.3. The summed E-state index contributed by atoms with van der Waals surface area (Å²) in [6.07, 6.45) is 5.02. The first-order valence-electron chi connectivity index (χ1n) is 10.2. The predicted octanol–water partition coefficient (Wildman–Crippen LogP) is 3.40. The van der Waals surface area contributed by atoms with Crippen molar-refractivity contribution in [2.45, 2.75) is 18.7 Å². The highest BCUT2D eigenvalue weighted by Crippen LogP contribution is 2.25. The van der Waals surface area contributed by atoms with Crippen LogP contribution in [0.1, 0.15) is 16.7 Å². The first kappa shape index (κ1) is 21.2. The summed E-state index contributed by atoms with van der Waals surface area (Å²) in [5, 5.41) is 0.802. The molecule has 0 aliphatic carbocycles. The van der Waals surface area contributed by atoms with Gasteiger partial charge < -0.3 is 4.90 Å². The fourth-order valence-electron chi connectivity index (χ4n) is 3.79. The third kappa shape index (κ3) is 4.52. The fraction of sp³-hybridized carbons (Fsp3) is 0.250. The number of fused-ring (bicyclic) bond motifs is 1. The van der Waals surface area contributed by atoms with E-state index in [4.69, 9.17) is 0 Å². The van der Waals surface area contributed by atoms with Crippen molar-refractivity contribution >= 4 is 32.9 Å². The molecule has 31 heavy (non-hydrogen) atoms. The van der Waals surface area contributed by atoms with Gasteiger partial charge in [-0.3, -0.25) is 9.78 Å². The average Bonchev–Trinajstić information content (AvgIpc) is 2.77. The molecule has 2 heterocycles. The quantitative estimate of drug-likeness (QED) is 0.589. The number of piperazine rings is 1. The van der Waals surface area contributed by atoms with E-state index in [9.17, 15) is 13.2 Å². The number of hydrogen-bond acceptors (Lipinski definition) is 4. The number of carbonyl (C=O) groups is 1. The number of aryl methyl sites for hydroxylation is 2. The van der Waals surface area contributed by atoms with Gasteiger partial charge in [-0.05, 0) is 43.2 Å². The summed E-state index contributed by atoms with van der Waals surface area (Å²) >= 11 is 0. The van der Waals surface area contributed by atoms with E-state index in [-0.39, 0.29) is 23.9 Å². The lowest BCUT2D eigenvalue weighted by molar-refractivity contribution is -0.127. The molecule has 6 nitrogen and oxygen atoms in total. The van der Waals surface area contributed by atoms with Crippen LogP contribution in [-0.2, 0) is 14.8 Å². The maximum absolute atomic E-state index is 13.3. The summed E-state index contributed by atoms with van der Waals surface area (Å²) in [7, 11) is -3.70. The second-order valence-corrected chi connectivity index (χ2v) is 9.72. The molecular formula is C24H25N3O3S. The third-order valence-corrected chi connectivity index (χ3v) is 7.37. The number of aromatic nitrogens is 1. The maximum Gasteiger partial charge on any atom is 0.246 e. The van der Waals surface area contributed by atoms with Gasteiger partial charge in [-0.25, -0.2) is 8.42 Å². The number of nitrogens with zero attached hydrogens (tertiary/aromatic N) is 3. The summed E-state index contributed by atoms with van der Waals surface area (Å²) in [6.45, 7) is 5.16. The van der Waals surface area contributed by atoms with Gasteiger partial charge in [0.25, 0.3) is 0 Å². The third-order valence-electron chi connectivity index (χ3n) is 5.44. The molecule has 0 spiro atoms. The van der Waals surface area contributed by atoms with Crippen molar-refractivity contribution in [2.24, 2.45) is 0 Å². The monoisotopic (exact) mass is 435 g/mol. The van der Waals surface area contributed by atoms with Crippen LogP contribution in [0.2, 0.25) is 0 Å². The van der Waals surface area contributed by atoms with Crippen molar-refractivity contribution in [2.75, 3.05) is 26.2 Å². The van der Waals surface area contributed by atoms with E-state index in [1.165, 1.54) is 4.31 Å². The number of rotatable bonds is 4. The smallest absolute Gasteiger partial charge is 0.246 e. The number of pyridine rings is 1. The second kappa shape index (κ2) is 8.61. The Morgan fingerprint density at radius 2 is 1.71 bits per heavy atom. The molecule has 0 saturated carbocycles. The molecule has 1 amide bonds. The zero-order valence-electron chi connectivity index (χ0n) is 17.7. The van der Waals surface area contributed by atoms with E-state index in [1.807, 2.05) is 50.2 Å². The molecule has 4 rings (SSSR count). The van der Waals surface area contributed by atoms with Crippen molar-refractivity contribution < 1.29 is 13.2 Å². The van der Waals surface area contributed by atoms with Crippen molar-refractivity contribution in [3.05, 3.63) is 77.5 Å². The van der Waals surface area contributed by atoms with Gasteiger partial charge in [0.15, 0.2) is 0 Å². The molecule has 1 aliphatic rings. The molecule has 7 heteroatoms. The van der Waals surface area contributed by atoms with Crippen molar-refractivity contribution in [3.8, 4) is 0 Å². The highest BCUT2D eigenvalue weighted by atomic mass is 32.2. The van der Waals surface area contributed by atoms with Crippen molar-refractivity contribution in [3.63, 3.8) is 0 Å². The number of benzene rings is 2. The van der Waals surface area contributed by atoms with Crippen molar-refractivity contribution in [1.29, 1.82) is 0 Å². The Hall–Kier alpha value is -3.03. The molecular weight excluding hydrogens is 410 g/mol. The number of para-hydroxylation sites is 1. The molecule has 160 valence electrons. The van der Waals surface area contributed by atoms with Crippen LogP contribution in [0.5, 0.6) is 0 Å². The Bertz CT molecular complexity index is 1260. The molecule has 0 bridgehead atoms. The van der Waals surface area contributed by atoms with Gasteiger partial charge in [-0.15, -0.1) is 0 Å². The minimum atomic E-state index is -3.70. The summed E-state index contributed by atoms with van der Waals surface area (Å²) in [5.74, 6) is -0.110. The predicted molar refractivity (Wildman–Crippen MR) is 122 cm³/mol. The summed E-state index contributed by atoms with van der Waals surface area (Å²) < 4.78 is 28.0. The number of sulfonamides is 1. The number of hydrogen-bond donors (Lipinski definition) is 0. The SMILES string of the molecule is Cc1cccc(/C=C/C(=O)N2CCN(S(=O)(=O)c3cccc4cc(C)cnc34)CC2)c1. The molecule has 1 saturated heterocycles. The molecule has 2 aromatic carbocycles. The van der Waals surface area contributed by atoms with Crippen LogP contribution in [0.15, 0.2) is 65.7 Å². The van der Waals surface area contributed by atoms with E-state index >= 15 is 0 Å². The van der Waals surface area contributed by atoms with E-state index in [0.717, 1.165) is 22.1 Å². The van der Waals surface area contributed by atoms with Crippen LogP contribution >= 0.6 is 0 Å². The normalized spacial score (nSPS) is 15.6. The van der Waals surface area contributed by atoms with Crippen molar-refractivity contribution in [1.82, 2.24) is 14.2 Å². The summed E-state index contributed by atoms with van der Waals surface area (Å²) in [5.41, 5.74) is 3.56. The molecule has 1 aromatic heterocycles. The largest absolute Gasteiger partial charge is 0.337 e. The van der Waals surface area contributed by atoms with Gasteiger partial charge in [0, 0.05) is 43.8 Å². The fourth-order valence-corrected chi connectivity index (χ4v) is 5.37. The first-order valence-corrected chi connectivity index (χ1v) is 11.7. The lowest BCUT2D eigenvalue weighted by Crippen LogP contribution is -2.50. The zero-order chi connectivity index (χ0) is 22.0. The topological polar surface area (TPSA) is 70.6 Å². The second-order valence-electron chi connectivity index (χ2n) is 7.82. The minimum Gasteiger partial charge on any atom is -0.337 e. The highest BCUT2D eigenvalue weighted by molar-refractivity contribution is 7.89. The van der Waals surface area contributed by atoms with Gasteiger partial charge >= 0.3 is 0 Å². The molecule has 1 fully saturated rings. The van der Waals surface area contributed by atoms with E-state index < -0.39 is 10.0 Å². The van der Waals surface area contributed by atoms with Crippen LogP contribution in [0, 0.1) is 13.8 Å². The molecule has 0 atom stereocenters. The van der Waals surface area contributed by atoms with Crippen LogP contribution in [0.25, 0.3) is 17.0 Å². The summed E-state index contributed by atoms with van der Waals surface area (Å²) in [6, 6.07) is 15.0. The Labute approximate surface area is 182 Å². The van der Waals surface area contributed by atoms with Gasteiger partial charge in [-0.2, -0.15) is 4.31 Å². The molecule has 3 aromatic rings. The average molecular weight is 436 g/mol. The molecule has 0 N–H and O–H groups in total. The van der Waals surface area contributed by atoms with E-state index in [0.29, 0.717) is 18.6 Å². The van der Waals surface area contributed by atoms with Gasteiger partial charge in [-0.1, -0.05) is 42.0 Å². The lowest BCUT2D eigenvalue weighted by Gasteiger charge is -2.33. The summed E-state index contributed by atoms with van der Waals surface area (Å²) in [4.78, 5) is 18.8. The Balaban J connectivity index is 1.46. The minimum absolute atomic E-state index is 0.110. The number of amides is 1. The van der Waals surface area contributed by atoms with Gasteiger partial charge in [0.05, 0.1) is 5.52 Å². The van der Waals surface area contributed by atoms with Gasteiger partial charge in [0.1, 0.15) is 4.90 Å². The Kier molecular flexibility index (Phi) is 5.89. The zero-order valence-corrected chi connectivity index (χ0v) is 18.5. The molecule has 1 aliphatic heterocycles. The molecule has 0 radical (unpaired) electrons. The highest BCUT2D eigenvalue weighted by Gasteiger charge is 2.31. The lowest BCUT2D eigenvalue weighted by atomic mass is 10.1. The van der Waals surface area contributed by atoms with Crippen LogP contribution in [0.3, 0.4) is 0 Å². The Morgan fingerprint density at radius 1 is 0.968 bits per heavy atom. The van der Waals surface area contributed by atoms with E-state index in [2.05, 4.69) is 4.98 Å². The standard InChI is InChI=1S/C24H25N3O3S/c1-18-5-3-6-20(15-18)9-10-23(28)26-11-13-27(14-12-26)31(29,30)22-8-4-7-21-16-19(2)17-25-24(21)22/h3-10,15-17H,11-14H2,1-2H3/b10-9+. The number of carbonyl (C=O) groups excluding carboxylic acids is 1.